The SMILES string of the molecule is CCC(O)CNCCN1CCOCC1. The van der Waals surface area contributed by atoms with Gasteiger partial charge in [0, 0.05) is 32.7 Å². The fraction of sp³-hybridized carbons (Fsp3) is 1.00. The lowest BCUT2D eigenvalue weighted by atomic mass is 10.3. The van der Waals surface area contributed by atoms with E-state index in [1.165, 1.54) is 0 Å². The van der Waals surface area contributed by atoms with Crippen molar-refractivity contribution in [3.63, 3.8) is 0 Å². The van der Waals surface area contributed by atoms with Crippen LogP contribution in [0.5, 0.6) is 0 Å². The van der Waals surface area contributed by atoms with Gasteiger partial charge in [-0.05, 0) is 6.42 Å². The van der Waals surface area contributed by atoms with Gasteiger partial charge in [0.15, 0.2) is 0 Å². The third kappa shape index (κ3) is 4.91. The first-order chi connectivity index (χ1) is 6.83. The van der Waals surface area contributed by atoms with Crippen LogP contribution in [0.25, 0.3) is 0 Å². The van der Waals surface area contributed by atoms with Gasteiger partial charge in [-0.3, -0.25) is 4.90 Å². The van der Waals surface area contributed by atoms with Crippen molar-refractivity contribution < 1.29 is 9.84 Å². The van der Waals surface area contributed by atoms with Crippen molar-refractivity contribution in [1.82, 2.24) is 10.2 Å². The molecule has 2 N–H and O–H groups in total. The van der Waals surface area contributed by atoms with E-state index in [0.29, 0.717) is 6.54 Å². The van der Waals surface area contributed by atoms with Crippen molar-refractivity contribution in [2.24, 2.45) is 0 Å². The number of ether oxygens (including phenoxy) is 1. The summed E-state index contributed by atoms with van der Waals surface area (Å²) in [5, 5.41) is 12.5. The Balaban J connectivity index is 1.92. The summed E-state index contributed by atoms with van der Waals surface area (Å²) in [7, 11) is 0. The van der Waals surface area contributed by atoms with Crippen molar-refractivity contribution in [3.05, 3.63) is 0 Å². The average Bonchev–Trinajstić information content (AvgIpc) is 2.25. The van der Waals surface area contributed by atoms with E-state index in [9.17, 15) is 5.11 Å². The Hall–Kier alpha value is -0.160. The summed E-state index contributed by atoms with van der Waals surface area (Å²) in [4.78, 5) is 2.38. The summed E-state index contributed by atoms with van der Waals surface area (Å²) >= 11 is 0. The first-order valence-corrected chi connectivity index (χ1v) is 5.51. The average molecular weight is 202 g/mol. The smallest absolute Gasteiger partial charge is 0.0662 e. The molecule has 1 rings (SSSR count). The van der Waals surface area contributed by atoms with Crippen molar-refractivity contribution in [2.75, 3.05) is 45.9 Å². The standard InChI is InChI=1S/C10H22N2O2/c1-2-10(13)9-11-3-4-12-5-7-14-8-6-12/h10-11,13H,2-9H2,1H3. The number of nitrogens with one attached hydrogen (secondary N) is 1. The van der Waals surface area contributed by atoms with E-state index in [1.807, 2.05) is 6.92 Å². The first-order valence-electron chi connectivity index (χ1n) is 5.51. The van der Waals surface area contributed by atoms with Crippen LogP contribution in [-0.2, 0) is 4.74 Å². The van der Waals surface area contributed by atoms with Gasteiger partial charge in [0.1, 0.15) is 0 Å². The molecule has 1 aliphatic rings. The van der Waals surface area contributed by atoms with Gasteiger partial charge < -0.3 is 15.2 Å². The largest absolute Gasteiger partial charge is 0.392 e. The molecule has 1 fully saturated rings. The highest BCUT2D eigenvalue weighted by molar-refractivity contribution is 4.64. The van der Waals surface area contributed by atoms with E-state index < -0.39 is 0 Å². The third-order valence-corrected chi connectivity index (χ3v) is 2.56. The van der Waals surface area contributed by atoms with Crippen molar-refractivity contribution in [1.29, 1.82) is 0 Å². The number of hydrogen-bond acceptors (Lipinski definition) is 4. The minimum absolute atomic E-state index is 0.195. The highest BCUT2D eigenvalue weighted by atomic mass is 16.5. The summed E-state index contributed by atoms with van der Waals surface area (Å²) in [6.45, 7) is 8.51. The van der Waals surface area contributed by atoms with E-state index in [0.717, 1.165) is 45.8 Å². The fourth-order valence-electron chi connectivity index (χ4n) is 1.47. The van der Waals surface area contributed by atoms with Gasteiger partial charge in [0.25, 0.3) is 0 Å². The Morgan fingerprint density at radius 3 is 2.79 bits per heavy atom. The maximum atomic E-state index is 9.30. The van der Waals surface area contributed by atoms with Gasteiger partial charge in [-0.1, -0.05) is 6.92 Å². The van der Waals surface area contributed by atoms with Crippen LogP contribution in [0, 0.1) is 0 Å². The Labute approximate surface area is 86.2 Å². The summed E-state index contributed by atoms with van der Waals surface area (Å²) in [6.07, 6.45) is 0.629. The lowest BCUT2D eigenvalue weighted by Gasteiger charge is -2.26. The Bertz CT molecular complexity index is 138. The molecule has 0 aromatic heterocycles. The van der Waals surface area contributed by atoms with Crippen LogP contribution in [0.2, 0.25) is 0 Å². The minimum atomic E-state index is -0.195. The van der Waals surface area contributed by atoms with Crippen molar-refractivity contribution >= 4 is 0 Å². The number of rotatable bonds is 6. The number of nitrogens with zero attached hydrogens (tertiary/aromatic N) is 1. The topological polar surface area (TPSA) is 44.7 Å². The molecule has 0 radical (unpaired) electrons. The van der Waals surface area contributed by atoms with Crippen LogP contribution >= 0.6 is 0 Å². The van der Waals surface area contributed by atoms with Crippen LogP contribution in [0.4, 0.5) is 0 Å². The number of hydrogen-bond donors (Lipinski definition) is 2. The zero-order chi connectivity index (χ0) is 10.2. The van der Waals surface area contributed by atoms with E-state index in [1.54, 1.807) is 0 Å². The molecule has 1 unspecified atom stereocenters. The first kappa shape index (κ1) is 11.9. The summed E-state index contributed by atoms with van der Waals surface area (Å²) in [6, 6.07) is 0. The molecule has 0 saturated carbocycles. The van der Waals surface area contributed by atoms with Crippen LogP contribution in [0.15, 0.2) is 0 Å². The fourth-order valence-corrected chi connectivity index (χ4v) is 1.47. The normalized spacial score (nSPS) is 21.0. The van der Waals surface area contributed by atoms with E-state index >= 15 is 0 Å². The third-order valence-electron chi connectivity index (χ3n) is 2.56. The van der Waals surface area contributed by atoms with Gasteiger partial charge in [-0.15, -0.1) is 0 Å². The molecule has 0 spiro atoms. The lowest BCUT2D eigenvalue weighted by Crippen LogP contribution is -2.41. The van der Waals surface area contributed by atoms with E-state index in [2.05, 4.69) is 10.2 Å². The zero-order valence-corrected chi connectivity index (χ0v) is 9.04. The van der Waals surface area contributed by atoms with Gasteiger partial charge in [0.2, 0.25) is 0 Å². The Morgan fingerprint density at radius 2 is 2.14 bits per heavy atom. The van der Waals surface area contributed by atoms with E-state index in [-0.39, 0.29) is 6.10 Å². The quantitative estimate of drug-likeness (QED) is 0.579. The maximum absolute atomic E-state index is 9.30. The number of aliphatic hydroxyl groups is 1. The molecule has 0 bridgehead atoms. The molecule has 0 aromatic carbocycles. The molecule has 1 aliphatic heterocycles. The molecule has 1 saturated heterocycles. The van der Waals surface area contributed by atoms with Gasteiger partial charge >= 0.3 is 0 Å². The molecule has 14 heavy (non-hydrogen) atoms. The molecule has 0 aliphatic carbocycles. The minimum Gasteiger partial charge on any atom is -0.392 e. The van der Waals surface area contributed by atoms with Crippen LogP contribution < -0.4 is 5.32 Å². The van der Waals surface area contributed by atoms with Crippen LogP contribution in [-0.4, -0.2) is 62.0 Å². The molecular weight excluding hydrogens is 180 g/mol. The van der Waals surface area contributed by atoms with E-state index in [4.69, 9.17) is 4.74 Å². The molecule has 4 nitrogen and oxygen atoms in total. The summed E-state index contributed by atoms with van der Waals surface area (Å²) in [5.41, 5.74) is 0. The second-order valence-corrected chi connectivity index (χ2v) is 3.72. The Kier molecular flexibility index (Phi) is 6.10. The maximum Gasteiger partial charge on any atom is 0.0662 e. The number of morpholine rings is 1. The predicted molar refractivity (Wildman–Crippen MR) is 56.4 cm³/mol. The molecule has 1 heterocycles. The number of aliphatic hydroxyl groups excluding tert-OH is 1. The molecule has 4 heteroatoms. The molecular formula is C10H22N2O2. The van der Waals surface area contributed by atoms with Gasteiger partial charge in [-0.2, -0.15) is 0 Å². The summed E-state index contributed by atoms with van der Waals surface area (Å²) in [5.74, 6) is 0. The highest BCUT2D eigenvalue weighted by Crippen LogP contribution is 1.94. The second-order valence-electron chi connectivity index (χ2n) is 3.72. The molecule has 84 valence electrons. The monoisotopic (exact) mass is 202 g/mol. The van der Waals surface area contributed by atoms with Crippen LogP contribution in [0.3, 0.4) is 0 Å². The van der Waals surface area contributed by atoms with Gasteiger partial charge in [0.05, 0.1) is 19.3 Å². The predicted octanol–water partition coefficient (Wildman–Crippen LogP) is -0.321. The highest BCUT2D eigenvalue weighted by Gasteiger charge is 2.09. The second kappa shape index (κ2) is 7.17. The Morgan fingerprint density at radius 1 is 1.43 bits per heavy atom. The lowest BCUT2D eigenvalue weighted by molar-refractivity contribution is 0.0380. The zero-order valence-electron chi connectivity index (χ0n) is 9.04. The molecule has 0 aromatic rings. The summed E-state index contributed by atoms with van der Waals surface area (Å²) < 4.78 is 5.26. The van der Waals surface area contributed by atoms with Crippen molar-refractivity contribution in [3.8, 4) is 0 Å². The van der Waals surface area contributed by atoms with Crippen molar-refractivity contribution in [2.45, 2.75) is 19.4 Å². The van der Waals surface area contributed by atoms with Crippen LogP contribution in [0.1, 0.15) is 13.3 Å². The van der Waals surface area contributed by atoms with Gasteiger partial charge in [-0.25, -0.2) is 0 Å². The molecule has 1 atom stereocenters. The molecule has 0 amide bonds.